The second-order valence-corrected chi connectivity index (χ2v) is 7.09. The molecule has 26 heavy (non-hydrogen) atoms. The SMILES string of the molecule is CCOP(=O)(N=CNNC(=O)c1nc(Cl)c(NC(C)C)nc1N)OCC. The van der Waals surface area contributed by atoms with Crippen LogP contribution in [0.15, 0.2) is 4.76 Å². The molecule has 0 bridgehead atoms. The van der Waals surface area contributed by atoms with Crippen LogP contribution in [0.2, 0.25) is 5.15 Å². The number of nitrogens with zero attached hydrogens (tertiary/aromatic N) is 3. The number of hydrogen-bond donors (Lipinski definition) is 4. The summed E-state index contributed by atoms with van der Waals surface area (Å²) >= 11 is 5.99. The van der Waals surface area contributed by atoms with E-state index in [2.05, 4.69) is 30.9 Å². The van der Waals surface area contributed by atoms with Crippen LogP contribution in [0.3, 0.4) is 0 Å². The van der Waals surface area contributed by atoms with Crippen molar-refractivity contribution in [2.45, 2.75) is 33.7 Å². The number of hydrogen-bond acceptors (Lipinski definition) is 8. The Kier molecular flexibility index (Phi) is 8.73. The van der Waals surface area contributed by atoms with Gasteiger partial charge in [-0.2, -0.15) is 4.76 Å². The third-order valence-corrected chi connectivity index (χ3v) is 4.39. The summed E-state index contributed by atoms with van der Waals surface area (Å²) in [5.74, 6) is -0.537. The van der Waals surface area contributed by atoms with Gasteiger partial charge in [0.05, 0.1) is 13.2 Å². The van der Waals surface area contributed by atoms with E-state index in [9.17, 15) is 9.36 Å². The number of halogens is 1. The zero-order valence-electron chi connectivity index (χ0n) is 14.9. The lowest BCUT2D eigenvalue weighted by atomic mass is 10.3. The van der Waals surface area contributed by atoms with Gasteiger partial charge in [-0.3, -0.25) is 24.7 Å². The summed E-state index contributed by atoms with van der Waals surface area (Å²) in [5, 5.41) is 2.96. The molecule has 1 rings (SSSR count). The highest BCUT2D eigenvalue weighted by Gasteiger charge is 2.21. The maximum Gasteiger partial charge on any atom is 0.455 e. The van der Waals surface area contributed by atoms with E-state index in [1.54, 1.807) is 13.8 Å². The summed E-state index contributed by atoms with van der Waals surface area (Å²) in [5.41, 5.74) is 10.2. The molecule has 1 aromatic heterocycles. The fourth-order valence-electron chi connectivity index (χ4n) is 1.65. The second kappa shape index (κ2) is 10.3. The molecular formula is C13H23ClN7O4P. The van der Waals surface area contributed by atoms with Crippen LogP contribution >= 0.6 is 19.3 Å². The lowest BCUT2D eigenvalue weighted by Gasteiger charge is -2.13. The lowest BCUT2D eigenvalue weighted by Crippen LogP contribution is -2.37. The van der Waals surface area contributed by atoms with Crippen molar-refractivity contribution in [1.82, 2.24) is 20.8 Å². The summed E-state index contributed by atoms with van der Waals surface area (Å²) < 4.78 is 25.6. The van der Waals surface area contributed by atoms with E-state index in [4.69, 9.17) is 26.4 Å². The average molecular weight is 408 g/mol. The number of aromatic nitrogens is 2. The van der Waals surface area contributed by atoms with Crippen molar-refractivity contribution in [3.63, 3.8) is 0 Å². The molecule has 5 N–H and O–H groups in total. The van der Waals surface area contributed by atoms with Gasteiger partial charge in [-0.25, -0.2) is 14.5 Å². The van der Waals surface area contributed by atoms with E-state index in [0.29, 0.717) is 0 Å². The number of carbonyl (C=O) groups is 1. The molecule has 0 spiro atoms. The molecule has 0 aliphatic rings. The van der Waals surface area contributed by atoms with Gasteiger partial charge >= 0.3 is 7.75 Å². The molecule has 1 heterocycles. The number of anilines is 2. The van der Waals surface area contributed by atoms with Crippen molar-refractivity contribution in [2.24, 2.45) is 4.76 Å². The third kappa shape index (κ3) is 6.75. The minimum atomic E-state index is -3.62. The second-order valence-electron chi connectivity index (χ2n) is 5.04. The van der Waals surface area contributed by atoms with Crippen molar-refractivity contribution in [3.8, 4) is 0 Å². The zero-order valence-corrected chi connectivity index (χ0v) is 16.6. The van der Waals surface area contributed by atoms with Gasteiger partial charge in [0.1, 0.15) is 6.34 Å². The number of rotatable bonds is 10. The fraction of sp³-hybridized carbons (Fsp3) is 0.538. The van der Waals surface area contributed by atoms with E-state index < -0.39 is 13.7 Å². The van der Waals surface area contributed by atoms with Gasteiger partial charge in [0.25, 0.3) is 5.91 Å². The Morgan fingerprint density at radius 3 is 2.50 bits per heavy atom. The maximum absolute atomic E-state index is 12.1. The topological polar surface area (TPSA) is 153 Å². The van der Waals surface area contributed by atoms with Crippen LogP contribution in [0.4, 0.5) is 11.6 Å². The largest absolute Gasteiger partial charge is 0.455 e. The quantitative estimate of drug-likeness (QED) is 0.197. The molecule has 0 aliphatic carbocycles. The van der Waals surface area contributed by atoms with Crippen molar-refractivity contribution < 1.29 is 18.4 Å². The van der Waals surface area contributed by atoms with Crippen molar-refractivity contribution in [3.05, 3.63) is 10.8 Å². The van der Waals surface area contributed by atoms with Crippen LogP contribution in [0.1, 0.15) is 38.2 Å². The van der Waals surface area contributed by atoms with Crippen molar-refractivity contribution >= 4 is 43.2 Å². The minimum absolute atomic E-state index is 0.00362. The maximum atomic E-state index is 12.1. The van der Waals surface area contributed by atoms with Crippen LogP contribution in [-0.4, -0.2) is 41.5 Å². The van der Waals surface area contributed by atoms with E-state index in [-0.39, 0.29) is 41.7 Å². The molecule has 0 saturated carbocycles. The summed E-state index contributed by atoms with van der Waals surface area (Å²) in [4.78, 5) is 20.0. The molecule has 0 atom stereocenters. The van der Waals surface area contributed by atoms with Gasteiger partial charge in [0, 0.05) is 6.04 Å². The molecule has 146 valence electrons. The van der Waals surface area contributed by atoms with E-state index in [0.717, 1.165) is 6.34 Å². The Balaban J connectivity index is 2.75. The Bertz CT molecular complexity index is 691. The molecule has 0 radical (unpaired) electrons. The number of nitrogens with one attached hydrogen (secondary N) is 3. The first kappa shape index (κ1) is 22.1. The average Bonchev–Trinajstić information content (AvgIpc) is 2.54. The lowest BCUT2D eigenvalue weighted by molar-refractivity contribution is 0.0940. The molecule has 0 fully saturated rings. The van der Waals surface area contributed by atoms with Gasteiger partial charge < -0.3 is 11.1 Å². The number of amides is 1. The van der Waals surface area contributed by atoms with Gasteiger partial charge in [0.2, 0.25) is 0 Å². The van der Waals surface area contributed by atoms with E-state index >= 15 is 0 Å². The van der Waals surface area contributed by atoms with Gasteiger partial charge in [0.15, 0.2) is 22.5 Å². The van der Waals surface area contributed by atoms with Crippen LogP contribution in [0.25, 0.3) is 0 Å². The van der Waals surface area contributed by atoms with Gasteiger partial charge in [-0.1, -0.05) is 11.6 Å². The van der Waals surface area contributed by atoms with E-state index in [1.165, 1.54) is 0 Å². The van der Waals surface area contributed by atoms with Crippen LogP contribution in [-0.2, 0) is 13.6 Å². The van der Waals surface area contributed by atoms with Crippen molar-refractivity contribution in [1.29, 1.82) is 0 Å². The summed E-state index contributed by atoms with van der Waals surface area (Å²) in [6, 6.07) is 0.0603. The first-order valence-corrected chi connectivity index (χ1v) is 9.68. The van der Waals surface area contributed by atoms with E-state index in [1.807, 2.05) is 13.8 Å². The molecule has 0 unspecified atom stereocenters. The predicted molar refractivity (Wildman–Crippen MR) is 100 cm³/mol. The Labute approximate surface area is 156 Å². The molecule has 0 aromatic carbocycles. The molecule has 11 nitrogen and oxygen atoms in total. The third-order valence-electron chi connectivity index (χ3n) is 2.55. The molecule has 1 amide bonds. The number of nitrogens with two attached hydrogens (primary N) is 1. The Hall–Kier alpha value is -1.94. The molecule has 0 aliphatic heterocycles. The highest BCUT2D eigenvalue weighted by Crippen LogP contribution is 2.49. The summed E-state index contributed by atoms with van der Waals surface area (Å²) in [6.07, 6.45) is 0.976. The van der Waals surface area contributed by atoms with Crippen molar-refractivity contribution in [2.75, 3.05) is 24.3 Å². The van der Waals surface area contributed by atoms with Crippen LogP contribution in [0.5, 0.6) is 0 Å². The first-order valence-electron chi connectivity index (χ1n) is 7.81. The van der Waals surface area contributed by atoms with Gasteiger partial charge in [-0.15, -0.1) is 0 Å². The fourth-order valence-corrected chi connectivity index (χ4v) is 2.89. The highest BCUT2D eigenvalue weighted by molar-refractivity contribution is 7.52. The summed E-state index contributed by atoms with van der Waals surface area (Å²) in [7, 11) is -3.62. The Morgan fingerprint density at radius 1 is 1.35 bits per heavy atom. The zero-order chi connectivity index (χ0) is 19.7. The Morgan fingerprint density at radius 2 is 1.96 bits per heavy atom. The smallest absolute Gasteiger partial charge is 0.382 e. The summed E-state index contributed by atoms with van der Waals surface area (Å²) in [6.45, 7) is 7.39. The normalized spacial score (nSPS) is 11.8. The standard InChI is InChI=1S/C13H23ClN7O4P/c1-5-24-26(23,25-6-2)17-7-16-21-13(22)9-11(15)20-12(10(14)19-9)18-8(3)4/h7-8H,5-6H2,1-4H3,(H,21,22)(H3,15,18,20)(H,16,17,23). The number of carbonyl (C=O) groups excluding carboxylic acids is 1. The molecule has 0 saturated heterocycles. The van der Waals surface area contributed by atoms with Crippen LogP contribution in [0, 0.1) is 0 Å². The number of hydrazine groups is 1. The van der Waals surface area contributed by atoms with Crippen LogP contribution < -0.4 is 21.9 Å². The van der Waals surface area contributed by atoms with Gasteiger partial charge in [-0.05, 0) is 27.7 Å². The molecular weight excluding hydrogens is 385 g/mol. The number of nitrogen functional groups attached to an aromatic ring is 1. The molecule has 1 aromatic rings. The monoisotopic (exact) mass is 407 g/mol. The first-order chi connectivity index (χ1) is 12.2. The highest BCUT2D eigenvalue weighted by atomic mass is 35.5. The minimum Gasteiger partial charge on any atom is -0.382 e. The predicted octanol–water partition coefficient (Wildman–Crippen LogP) is 1.98. The molecule has 13 heteroatoms.